The monoisotopic (exact) mass is 389 g/mol. The second kappa shape index (κ2) is 5.78. The predicted octanol–water partition coefficient (Wildman–Crippen LogP) is 3.63. The highest BCUT2D eigenvalue weighted by Gasteiger charge is 2.22. The van der Waals surface area contributed by atoms with Gasteiger partial charge in [0.2, 0.25) is 0 Å². The Bertz CT molecular complexity index is 812. The van der Waals surface area contributed by atoms with Crippen molar-refractivity contribution >= 4 is 48.9 Å². The molecule has 0 aliphatic heterocycles. The van der Waals surface area contributed by atoms with Crippen LogP contribution in [0.2, 0.25) is 0 Å². The van der Waals surface area contributed by atoms with Crippen molar-refractivity contribution in [1.82, 2.24) is 0 Å². The number of sulfonamides is 1. The van der Waals surface area contributed by atoms with Gasteiger partial charge < -0.3 is 5.11 Å². The molecule has 2 N–H and O–H groups in total. The molecule has 2 aromatic rings. The van der Waals surface area contributed by atoms with Gasteiger partial charge in [0.25, 0.3) is 10.0 Å². The second-order valence-electron chi connectivity index (χ2n) is 4.38. The number of carbonyl (C=O) groups is 1. The molecule has 0 unspecified atom stereocenters. The van der Waals surface area contributed by atoms with Gasteiger partial charge in [-0.1, -0.05) is 15.9 Å². The molecule has 8 heteroatoms. The van der Waals surface area contributed by atoms with Crippen LogP contribution >= 0.6 is 27.3 Å². The molecule has 112 valence electrons. The summed E-state index contributed by atoms with van der Waals surface area (Å²) >= 11 is 4.58. The molecule has 0 aliphatic rings. The molecule has 0 saturated heterocycles. The van der Waals surface area contributed by atoms with Crippen molar-refractivity contribution in [2.45, 2.75) is 18.7 Å². The first-order valence-corrected chi connectivity index (χ1v) is 8.92. The summed E-state index contributed by atoms with van der Waals surface area (Å²) in [5, 5.41) is 9.13. The van der Waals surface area contributed by atoms with Crippen LogP contribution in [0, 0.1) is 13.8 Å². The summed E-state index contributed by atoms with van der Waals surface area (Å²) in [7, 11) is -3.82. The molecule has 2 rings (SSSR count). The fourth-order valence-electron chi connectivity index (χ4n) is 1.86. The van der Waals surface area contributed by atoms with Crippen molar-refractivity contribution < 1.29 is 18.3 Å². The summed E-state index contributed by atoms with van der Waals surface area (Å²) in [6, 6.07) is 5.88. The first-order valence-electron chi connectivity index (χ1n) is 5.83. The minimum Gasteiger partial charge on any atom is -0.478 e. The maximum absolute atomic E-state index is 12.4. The third-order valence-electron chi connectivity index (χ3n) is 2.74. The van der Waals surface area contributed by atoms with Gasteiger partial charge in [-0.2, -0.15) is 0 Å². The first-order chi connectivity index (χ1) is 9.70. The Kier molecular flexibility index (Phi) is 4.40. The fourth-order valence-corrected chi connectivity index (χ4v) is 4.85. The molecule has 1 aromatic carbocycles. The summed E-state index contributed by atoms with van der Waals surface area (Å²) in [6.07, 6.45) is 0. The van der Waals surface area contributed by atoms with Gasteiger partial charge in [0.1, 0.15) is 4.90 Å². The number of halogens is 1. The number of aryl methyl sites for hydroxylation is 2. The number of rotatable bonds is 4. The standard InChI is InChI=1S/C13H12BrNO4S2/c1-7-5-12(8(2)20-7)21(18,19)15-11-6-9(14)3-4-10(11)13(16)17/h3-6,15H,1-2H3,(H,16,17). The molecular weight excluding hydrogens is 378 g/mol. The molecular formula is C13H12BrNO4S2. The Hall–Kier alpha value is -1.38. The molecule has 0 bridgehead atoms. The molecule has 0 atom stereocenters. The lowest BCUT2D eigenvalue weighted by Gasteiger charge is -2.10. The van der Waals surface area contributed by atoms with Gasteiger partial charge in [-0.15, -0.1) is 11.3 Å². The van der Waals surface area contributed by atoms with Gasteiger partial charge >= 0.3 is 5.97 Å². The summed E-state index contributed by atoms with van der Waals surface area (Å²) in [4.78, 5) is 12.9. The normalized spacial score (nSPS) is 11.4. The number of anilines is 1. The van der Waals surface area contributed by atoms with E-state index in [0.717, 1.165) is 4.88 Å². The maximum Gasteiger partial charge on any atom is 0.337 e. The van der Waals surface area contributed by atoms with Crippen LogP contribution in [0.4, 0.5) is 5.69 Å². The molecule has 0 aliphatic carbocycles. The molecule has 1 heterocycles. The van der Waals surface area contributed by atoms with E-state index in [1.54, 1.807) is 19.1 Å². The Morgan fingerprint density at radius 2 is 1.95 bits per heavy atom. The number of aromatic carboxylic acids is 1. The highest BCUT2D eigenvalue weighted by molar-refractivity contribution is 9.10. The third-order valence-corrected chi connectivity index (χ3v) is 5.82. The van der Waals surface area contributed by atoms with Crippen LogP contribution in [0.5, 0.6) is 0 Å². The number of carboxylic acid groups (broad SMARTS) is 1. The molecule has 5 nitrogen and oxygen atoms in total. The van der Waals surface area contributed by atoms with E-state index in [2.05, 4.69) is 20.7 Å². The van der Waals surface area contributed by atoms with Crippen molar-refractivity contribution in [2.75, 3.05) is 4.72 Å². The molecule has 21 heavy (non-hydrogen) atoms. The zero-order valence-corrected chi connectivity index (χ0v) is 14.4. The van der Waals surface area contributed by atoms with Crippen LogP contribution in [0.1, 0.15) is 20.1 Å². The Balaban J connectivity index is 2.48. The number of nitrogens with one attached hydrogen (secondary N) is 1. The van der Waals surface area contributed by atoms with E-state index >= 15 is 0 Å². The number of hydrogen-bond acceptors (Lipinski definition) is 4. The van der Waals surface area contributed by atoms with Gasteiger partial charge in [0, 0.05) is 14.2 Å². The van der Waals surface area contributed by atoms with Crippen molar-refractivity contribution in [3.63, 3.8) is 0 Å². The van der Waals surface area contributed by atoms with Crippen molar-refractivity contribution in [1.29, 1.82) is 0 Å². The SMILES string of the molecule is Cc1cc(S(=O)(=O)Nc2cc(Br)ccc2C(=O)O)c(C)s1. The lowest BCUT2D eigenvalue weighted by molar-refractivity contribution is 0.0698. The zero-order valence-electron chi connectivity index (χ0n) is 11.2. The summed E-state index contributed by atoms with van der Waals surface area (Å²) < 4.78 is 27.8. The van der Waals surface area contributed by atoms with Gasteiger partial charge in [0.05, 0.1) is 11.3 Å². The van der Waals surface area contributed by atoms with E-state index in [0.29, 0.717) is 9.35 Å². The number of hydrogen-bond donors (Lipinski definition) is 2. The van der Waals surface area contributed by atoms with Gasteiger partial charge in [0.15, 0.2) is 0 Å². The molecule has 0 radical (unpaired) electrons. The molecule has 0 saturated carbocycles. The molecule has 1 aromatic heterocycles. The van der Waals surface area contributed by atoms with Crippen LogP contribution in [-0.2, 0) is 10.0 Å². The number of thiophene rings is 1. The molecule has 0 spiro atoms. The highest BCUT2D eigenvalue weighted by atomic mass is 79.9. The van der Waals surface area contributed by atoms with E-state index < -0.39 is 16.0 Å². The van der Waals surface area contributed by atoms with E-state index in [9.17, 15) is 13.2 Å². The van der Waals surface area contributed by atoms with E-state index in [1.807, 2.05) is 6.92 Å². The van der Waals surface area contributed by atoms with E-state index in [4.69, 9.17) is 5.11 Å². The highest BCUT2D eigenvalue weighted by Crippen LogP contribution is 2.29. The predicted molar refractivity (Wildman–Crippen MR) is 85.7 cm³/mol. The lowest BCUT2D eigenvalue weighted by atomic mass is 10.2. The largest absolute Gasteiger partial charge is 0.478 e. The van der Waals surface area contributed by atoms with Crippen LogP contribution in [0.15, 0.2) is 33.6 Å². The second-order valence-corrected chi connectivity index (χ2v) is 8.40. The van der Waals surface area contributed by atoms with E-state index in [1.165, 1.54) is 23.5 Å². The summed E-state index contributed by atoms with van der Waals surface area (Å²) in [5.41, 5.74) is -0.0773. The topological polar surface area (TPSA) is 83.5 Å². The third kappa shape index (κ3) is 3.45. The van der Waals surface area contributed by atoms with Crippen LogP contribution in [0.25, 0.3) is 0 Å². The Morgan fingerprint density at radius 1 is 1.29 bits per heavy atom. The Morgan fingerprint density at radius 3 is 2.48 bits per heavy atom. The smallest absolute Gasteiger partial charge is 0.337 e. The zero-order chi connectivity index (χ0) is 15.8. The van der Waals surface area contributed by atoms with Crippen molar-refractivity contribution in [2.24, 2.45) is 0 Å². The van der Waals surface area contributed by atoms with Crippen molar-refractivity contribution in [3.05, 3.63) is 44.1 Å². The van der Waals surface area contributed by atoms with Crippen LogP contribution in [0.3, 0.4) is 0 Å². The Labute approximate surface area is 134 Å². The number of benzene rings is 1. The molecule has 0 amide bonds. The summed E-state index contributed by atoms with van der Waals surface area (Å²) in [5.74, 6) is -1.20. The lowest BCUT2D eigenvalue weighted by Crippen LogP contribution is -2.15. The maximum atomic E-state index is 12.4. The van der Waals surface area contributed by atoms with Gasteiger partial charge in [-0.25, -0.2) is 13.2 Å². The minimum absolute atomic E-state index is 0.0279. The fraction of sp³-hybridized carbons (Fsp3) is 0.154. The first kappa shape index (κ1) is 16.0. The van der Waals surface area contributed by atoms with Crippen molar-refractivity contribution in [3.8, 4) is 0 Å². The average molecular weight is 390 g/mol. The number of carboxylic acids is 1. The summed E-state index contributed by atoms with van der Waals surface area (Å²) in [6.45, 7) is 3.53. The van der Waals surface area contributed by atoms with E-state index in [-0.39, 0.29) is 16.1 Å². The van der Waals surface area contributed by atoms with Crippen LogP contribution in [-0.4, -0.2) is 19.5 Å². The van der Waals surface area contributed by atoms with Gasteiger partial charge in [-0.05, 0) is 38.1 Å². The molecule has 0 fully saturated rings. The quantitative estimate of drug-likeness (QED) is 0.835. The van der Waals surface area contributed by atoms with Gasteiger partial charge in [-0.3, -0.25) is 4.72 Å². The van der Waals surface area contributed by atoms with Crippen LogP contribution < -0.4 is 4.72 Å². The average Bonchev–Trinajstić information content (AvgIpc) is 2.68. The minimum atomic E-state index is -3.82.